The van der Waals surface area contributed by atoms with Gasteiger partial charge in [-0.15, -0.1) is 0 Å². The second kappa shape index (κ2) is 5.65. The molecule has 1 rings (SSSR count). The van der Waals surface area contributed by atoms with Gasteiger partial charge in [0.1, 0.15) is 5.75 Å². The molecule has 0 aliphatic rings. The molecule has 0 saturated heterocycles. The summed E-state index contributed by atoms with van der Waals surface area (Å²) in [7, 11) is 0. The van der Waals surface area contributed by atoms with E-state index in [-0.39, 0.29) is 0 Å². The maximum absolute atomic E-state index is 11.2. The summed E-state index contributed by atoms with van der Waals surface area (Å²) in [5, 5.41) is 10.3. The van der Waals surface area contributed by atoms with Gasteiger partial charge in [-0.2, -0.15) is 0 Å². The summed E-state index contributed by atoms with van der Waals surface area (Å²) < 4.78 is 4.90. The largest absolute Gasteiger partial charge is 0.423 e. The highest BCUT2D eigenvalue weighted by Crippen LogP contribution is 2.08. The maximum Gasteiger partial charge on any atom is 0.336 e. The molecule has 0 aliphatic carbocycles. The normalized spacial score (nSPS) is 12.3. The van der Waals surface area contributed by atoms with E-state index in [9.17, 15) is 14.9 Å². The molecule has 0 amide bonds. The zero-order valence-corrected chi connectivity index (χ0v) is 8.70. The summed E-state index contributed by atoms with van der Waals surface area (Å²) in [5.74, 6) is -0.217. The number of nitro groups is 1. The molecular formula is C11H11NO4. The summed E-state index contributed by atoms with van der Waals surface area (Å²) in [6.07, 6.45) is 2.24. The van der Waals surface area contributed by atoms with Crippen molar-refractivity contribution in [3.05, 3.63) is 52.6 Å². The quantitative estimate of drug-likeness (QED) is 0.255. The molecule has 0 saturated carbocycles. The van der Waals surface area contributed by atoms with Crippen LogP contribution >= 0.6 is 0 Å². The third kappa shape index (κ3) is 3.91. The second-order valence-corrected chi connectivity index (χ2v) is 3.12. The lowest BCUT2D eigenvalue weighted by Gasteiger charge is -2.00. The van der Waals surface area contributed by atoms with E-state index in [1.165, 1.54) is 13.0 Å². The average molecular weight is 221 g/mol. The lowest BCUT2D eigenvalue weighted by atomic mass is 10.3. The first-order valence-corrected chi connectivity index (χ1v) is 4.68. The van der Waals surface area contributed by atoms with Crippen LogP contribution in [0, 0.1) is 10.1 Å². The van der Waals surface area contributed by atoms with E-state index >= 15 is 0 Å². The van der Waals surface area contributed by atoms with Gasteiger partial charge >= 0.3 is 5.97 Å². The van der Waals surface area contributed by atoms with Crippen molar-refractivity contribution >= 4 is 5.97 Å². The summed E-state index contributed by atoms with van der Waals surface area (Å²) in [5.41, 5.74) is 0. The van der Waals surface area contributed by atoms with Crippen molar-refractivity contribution in [3.63, 3.8) is 0 Å². The van der Waals surface area contributed by atoms with Crippen LogP contribution in [0.2, 0.25) is 0 Å². The Bertz CT molecular complexity index is 400. The number of carbonyl (C=O) groups excluding carboxylic acids is 1. The smallest absolute Gasteiger partial charge is 0.336 e. The van der Waals surface area contributed by atoms with Gasteiger partial charge in [0.2, 0.25) is 6.04 Å². The van der Waals surface area contributed by atoms with E-state index in [2.05, 4.69) is 0 Å². The Balaban J connectivity index is 2.51. The van der Waals surface area contributed by atoms with Crippen molar-refractivity contribution in [2.45, 2.75) is 13.0 Å². The van der Waals surface area contributed by atoms with Crippen LogP contribution in [0.25, 0.3) is 0 Å². The molecule has 0 bridgehead atoms. The molecule has 0 aromatic heterocycles. The summed E-state index contributed by atoms with van der Waals surface area (Å²) in [6.45, 7) is 1.38. The summed E-state index contributed by atoms with van der Waals surface area (Å²) in [6, 6.07) is 7.61. The van der Waals surface area contributed by atoms with Gasteiger partial charge in [0.05, 0.1) is 0 Å². The molecule has 84 valence electrons. The first-order valence-electron chi connectivity index (χ1n) is 4.68. The zero-order chi connectivity index (χ0) is 12.0. The minimum Gasteiger partial charge on any atom is -0.423 e. The number of hydrogen-bond acceptors (Lipinski definition) is 4. The van der Waals surface area contributed by atoms with Crippen molar-refractivity contribution < 1.29 is 14.5 Å². The number of benzene rings is 1. The third-order valence-electron chi connectivity index (χ3n) is 1.81. The predicted octanol–water partition coefficient (Wildman–Crippen LogP) is 1.81. The van der Waals surface area contributed by atoms with E-state index in [0.717, 1.165) is 6.08 Å². The highest BCUT2D eigenvalue weighted by Gasteiger charge is 2.08. The first kappa shape index (κ1) is 11.9. The van der Waals surface area contributed by atoms with Gasteiger partial charge in [0.15, 0.2) is 0 Å². The third-order valence-corrected chi connectivity index (χ3v) is 1.81. The van der Waals surface area contributed by atoms with Gasteiger partial charge < -0.3 is 4.74 Å². The van der Waals surface area contributed by atoms with Crippen molar-refractivity contribution in [2.75, 3.05) is 0 Å². The summed E-state index contributed by atoms with van der Waals surface area (Å²) in [4.78, 5) is 21.0. The van der Waals surface area contributed by atoms with Crippen molar-refractivity contribution in [3.8, 4) is 5.75 Å². The van der Waals surface area contributed by atoms with E-state index in [0.29, 0.717) is 5.75 Å². The highest BCUT2D eigenvalue weighted by atomic mass is 16.6. The fraction of sp³-hybridized carbons (Fsp3) is 0.182. The number of ether oxygens (including phenoxy) is 1. The fourth-order valence-corrected chi connectivity index (χ4v) is 0.927. The van der Waals surface area contributed by atoms with Crippen LogP contribution in [0.5, 0.6) is 5.75 Å². The average Bonchev–Trinajstić information content (AvgIpc) is 2.27. The van der Waals surface area contributed by atoms with Crippen molar-refractivity contribution in [2.24, 2.45) is 0 Å². The highest BCUT2D eigenvalue weighted by molar-refractivity contribution is 5.84. The molecule has 0 fully saturated rings. The predicted molar refractivity (Wildman–Crippen MR) is 57.7 cm³/mol. The Morgan fingerprint density at radius 1 is 1.44 bits per heavy atom. The SMILES string of the molecule is CC(/C=C\C(=O)Oc1ccccc1)[N+](=O)[O-]. The van der Waals surface area contributed by atoms with Gasteiger partial charge in [-0.1, -0.05) is 18.2 Å². The number of nitrogens with zero attached hydrogens (tertiary/aromatic N) is 1. The van der Waals surface area contributed by atoms with Crippen molar-refractivity contribution in [1.29, 1.82) is 0 Å². The van der Waals surface area contributed by atoms with Crippen molar-refractivity contribution in [1.82, 2.24) is 0 Å². The number of esters is 1. The van der Waals surface area contributed by atoms with Gasteiger partial charge in [-0.05, 0) is 18.2 Å². The Hall–Kier alpha value is -2.17. The molecule has 1 unspecified atom stereocenters. The molecule has 0 aliphatic heterocycles. The molecular weight excluding hydrogens is 210 g/mol. The maximum atomic E-state index is 11.2. The number of carbonyl (C=O) groups is 1. The van der Waals surface area contributed by atoms with Crippen LogP contribution in [0.1, 0.15) is 6.92 Å². The minimum atomic E-state index is -0.900. The minimum absolute atomic E-state index is 0.408. The van der Waals surface area contributed by atoms with Gasteiger partial charge in [0.25, 0.3) is 0 Å². The molecule has 0 radical (unpaired) electrons. The zero-order valence-electron chi connectivity index (χ0n) is 8.70. The van der Waals surface area contributed by atoms with Gasteiger partial charge in [-0.25, -0.2) is 4.79 Å². The van der Waals surface area contributed by atoms with E-state index in [1.54, 1.807) is 30.3 Å². The molecule has 0 spiro atoms. The Kier molecular flexibility index (Phi) is 4.20. The van der Waals surface area contributed by atoms with Crippen LogP contribution in [-0.4, -0.2) is 16.9 Å². The molecule has 5 nitrogen and oxygen atoms in total. The fourth-order valence-electron chi connectivity index (χ4n) is 0.927. The number of hydrogen-bond donors (Lipinski definition) is 0. The Morgan fingerprint density at radius 3 is 2.62 bits per heavy atom. The number of rotatable bonds is 4. The Morgan fingerprint density at radius 2 is 2.06 bits per heavy atom. The molecule has 5 heteroatoms. The standard InChI is InChI=1S/C11H11NO4/c1-9(12(14)15)7-8-11(13)16-10-5-3-2-4-6-10/h2-9H,1H3/b8-7-. The molecule has 1 aromatic carbocycles. The van der Waals surface area contributed by atoms with Gasteiger partial charge in [0, 0.05) is 17.9 Å². The van der Waals surface area contributed by atoms with E-state index in [4.69, 9.17) is 4.74 Å². The van der Waals surface area contributed by atoms with Crippen LogP contribution in [-0.2, 0) is 4.79 Å². The molecule has 16 heavy (non-hydrogen) atoms. The summed E-state index contributed by atoms with van der Waals surface area (Å²) >= 11 is 0. The number of para-hydroxylation sites is 1. The molecule has 0 N–H and O–H groups in total. The lowest BCUT2D eigenvalue weighted by Crippen LogP contribution is -2.13. The first-order chi connectivity index (χ1) is 7.59. The molecule has 1 aromatic rings. The van der Waals surface area contributed by atoms with Crippen LogP contribution in [0.15, 0.2) is 42.5 Å². The van der Waals surface area contributed by atoms with Gasteiger partial charge in [-0.3, -0.25) is 10.1 Å². The van der Waals surface area contributed by atoms with Crippen LogP contribution < -0.4 is 4.74 Å². The van der Waals surface area contributed by atoms with Crippen LogP contribution in [0.3, 0.4) is 0 Å². The second-order valence-electron chi connectivity index (χ2n) is 3.12. The monoisotopic (exact) mass is 221 g/mol. The van der Waals surface area contributed by atoms with E-state index in [1.807, 2.05) is 0 Å². The van der Waals surface area contributed by atoms with E-state index < -0.39 is 16.9 Å². The lowest BCUT2D eigenvalue weighted by molar-refractivity contribution is -0.504. The van der Waals surface area contributed by atoms with Crippen LogP contribution in [0.4, 0.5) is 0 Å². The molecule has 1 atom stereocenters. The molecule has 0 heterocycles. The topological polar surface area (TPSA) is 69.4 Å². The Labute approximate surface area is 92.5 Å².